The van der Waals surface area contributed by atoms with Crippen molar-refractivity contribution in [3.05, 3.63) is 28.6 Å². The van der Waals surface area contributed by atoms with Gasteiger partial charge in [0.25, 0.3) is 10.1 Å². The van der Waals surface area contributed by atoms with Crippen molar-refractivity contribution in [2.45, 2.75) is 4.90 Å². The Morgan fingerprint density at radius 3 is 1.50 bits per heavy atom. The van der Waals surface area contributed by atoms with Crippen molar-refractivity contribution in [3.63, 3.8) is 0 Å². The molecule has 7 nitrogen and oxygen atoms in total. The van der Waals surface area contributed by atoms with Crippen molar-refractivity contribution in [1.82, 2.24) is 0 Å². The van der Waals surface area contributed by atoms with Gasteiger partial charge in [-0.25, -0.2) is 22.8 Å². The molecule has 1 N–H and O–H groups in total. The number of rotatable bonds is 3. The maximum Gasteiger partial charge on any atom is 1.00 e. The molecule has 0 saturated heterocycles. The van der Waals surface area contributed by atoms with Gasteiger partial charge < -0.3 is 10.9 Å². The first kappa shape index (κ1) is 20.9. The predicted molar refractivity (Wildman–Crippen MR) is 59.9 cm³/mol. The minimum absolute atomic E-state index is 0. The molecule has 0 aliphatic heterocycles. The average Bonchev–Trinajstić information content (AvgIpc) is 2.35. The smallest absolute Gasteiger partial charge is 1.00 e. The Balaban J connectivity index is 0. The van der Waals surface area contributed by atoms with Crippen LogP contribution in [0.3, 0.4) is 0 Å². The summed E-state index contributed by atoms with van der Waals surface area (Å²) in [7, 11) is -4.13. The summed E-state index contributed by atoms with van der Waals surface area (Å²) in [5, 5.41) is 0. The van der Waals surface area contributed by atoms with Crippen LogP contribution in [0.4, 0.5) is 13.2 Å². The summed E-state index contributed by atoms with van der Waals surface area (Å²) in [5.74, 6) is -9.92. The van der Waals surface area contributed by atoms with Crippen LogP contribution >= 0.6 is 0 Å². The number of benzene rings is 1. The van der Waals surface area contributed by atoms with Gasteiger partial charge in [0.2, 0.25) is 0 Å². The molecule has 0 heterocycles. The Morgan fingerprint density at radius 1 is 0.955 bits per heavy atom. The van der Waals surface area contributed by atoms with E-state index in [4.69, 9.17) is 4.55 Å². The number of carbonyl (C=O) groups is 2. The van der Waals surface area contributed by atoms with E-state index in [9.17, 15) is 31.2 Å². The summed E-state index contributed by atoms with van der Waals surface area (Å²) in [6, 6.07) is 0. The molecule has 0 spiro atoms. The van der Waals surface area contributed by atoms with Gasteiger partial charge in [0, 0.05) is 0 Å². The van der Waals surface area contributed by atoms with Gasteiger partial charge in [0.15, 0.2) is 22.3 Å². The van der Waals surface area contributed by atoms with E-state index in [1.807, 2.05) is 0 Å². The normalized spacial score (nSPS) is 10.6. The maximum absolute atomic E-state index is 13.9. The van der Waals surface area contributed by atoms with E-state index in [-0.39, 0.29) is 31.0 Å². The van der Waals surface area contributed by atoms with Gasteiger partial charge >= 0.3 is 41.5 Å². The van der Waals surface area contributed by atoms with Crippen molar-refractivity contribution < 1.29 is 76.2 Å². The zero-order chi connectivity index (χ0) is 16.5. The summed E-state index contributed by atoms with van der Waals surface area (Å²) >= 11 is 0. The van der Waals surface area contributed by atoms with Crippen molar-refractivity contribution in [1.29, 1.82) is 0 Å². The van der Waals surface area contributed by atoms with E-state index in [0.717, 1.165) is 0 Å². The summed E-state index contributed by atoms with van der Waals surface area (Å²) in [5.41, 5.74) is -3.32. The molecule has 0 saturated carbocycles. The third-order valence-electron chi connectivity index (χ3n) is 2.31. The standard InChI is InChI=1S/C10H7F3O7S.Na.H/c1-19-9(14)3-5(11)4(10(15)20-2)7(13)8(6(3)12)21(16,17)18;;/h1-2H3,(H,16,17,18);;/q;+1;-1. The van der Waals surface area contributed by atoms with E-state index in [1.54, 1.807) is 0 Å². The second-order valence-electron chi connectivity index (χ2n) is 3.48. The molecule has 0 aliphatic carbocycles. The van der Waals surface area contributed by atoms with Crippen LogP contribution in [-0.2, 0) is 19.6 Å². The van der Waals surface area contributed by atoms with Crippen LogP contribution in [0.15, 0.2) is 4.90 Å². The molecule has 12 heteroatoms. The molecule has 0 fully saturated rings. The fraction of sp³-hybridized carbons (Fsp3) is 0.200. The zero-order valence-corrected chi connectivity index (χ0v) is 14.3. The zero-order valence-electron chi connectivity index (χ0n) is 12.4. The molecule has 0 radical (unpaired) electrons. The molecule has 1 aromatic rings. The van der Waals surface area contributed by atoms with Crippen molar-refractivity contribution >= 4 is 22.1 Å². The quantitative estimate of drug-likeness (QED) is 0.382. The van der Waals surface area contributed by atoms with E-state index in [2.05, 4.69) is 9.47 Å². The first-order chi connectivity index (χ1) is 9.57. The minimum Gasteiger partial charge on any atom is -1.00 e. The molecule has 0 atom stereocenters. The molecule has 1 rings (SSSR count). The van der Waals surface area contributed by atoms with Crippen LogP contribution in [0.25, 0.3) is 0 Å². The number of hydrogen-bond donors (Lipinski definition) is 1. The van der Waals surface area contributed by atoms with Gasteiger partial charge in [-0.05, 0) is 0 Å². The predicted octanol–water partition coefficient (Wildman–Crippen LogP) is -1.96. The second-order valence-corrected chi connectivity index (χ2v) is 4.84. The Kier molecular flexibility index (Phi) is 7.03. The molecule has 0 aromatic heterocycles. The largest absolute Gasteiger partial charge is 1.00 e. The molecule has 0 bridgehead atoms. The number of esters is 2. The van der Waals surface area contributed by atoms with E-state index in [0.29, 0.717) is 14.2 Å². The molecule has 118 valence electrons. The Labute approximate surface area is 145 Å². The molecule has 0 unspecified atom stereocenters. The topological polar surface area (TPSA) is 107 Å². The second kappa shape index (κ2) is 7.42. The number of halogens is 3. The third kappa shape index (κ3) is 3.60. The van der Waals surface area contributed by atoms with Crippen molar-refractivity contribution in [2.75, 3.05) is 14.2 Å². The Bertz CT molecular complexity index is 695. The number of ether oxygens (including phenoxy) is 2. The first-order valence-corrected chi connectivity index (χ1v) is 6.36. The van der Waals surface area contributed by atoms with E-state index in [1.165, 1.54) is 0 Å². The molecular formula is C10H8F3NaO7S. The van der Waals surface area contributed by atoms with Gasteiger partial charge in [-0.15, -0.1) is 0 Å². The van der Waals surface area contributed by atoms with Crippen LogP contribution in [0.1, 0.15) is 22.1 Å². The van der Waals surface area contributed by atoms with Gasteiger partial charge in [0.05, 0.1) is 14.2 Å². The molecule has 1 aromatic carbocycles. The molecule has 22 heavy (non-hydrogen) atoms. The van der Waals surface area contributed by atoms with E-state index >= 15 is 0 Å². The van der Waals surface area contributed by atoms with Gasteiger partial charge in [-0.2, -0.15) is 8.42 Å². The fourth-order valence-electron chi connectivity index (χ4n) is 1.43. The van der Waals surface area contributed by atoms with Crippen LogP contribution in [0, 0.1) is 17.5 Å². The summed E-state index contributed by atoms with van der Waals surface area (Å²) < 4.78 is 80.2. The Morgan fingerprint density at radius 2 is 1.27 bits per heavy atom. The number of carbonyl (C=O) groups excluding carboxylic acids is 2. The van der Waals surface area contributed by atoms with Crippen LogP contribution in [0.5, 0.6) is 0 Å². The minimum atomic E-state index is -5.54. The van der Waals surface area contributed by atoms with Gasteiger partial charge in [-0.1, -0.05) is 0 Å². The van der Waals surface area contributed by atoms with E-state index < -0.39 is 55.5 Å². The summed E-state index contributed by atoms with van der Waals surface area (Å²) in [4.78, 5) is 20.4. The molecule has 0 aliphatic rings. The van der Waals surface area contributed by atoms with Crippen LogP contribution in [-0.4, -0.2) is 39.1 Å². The number of methoxy groups -OCH3 is 2. The SMILES string of the molecule is COC(=O)c1c(F)c(C(=O)OC)c(F)c(S(=O)(=O)O)c1F.[H-].[Na+]. The average molecular weight is 352 g/mol. The van der Waals surface area contributed by atoms with Crippen molar-refractivity contribution in [3.8, 4) is 0 Å². The monoisotopic (exact) mass is 352 g/mol. The third-order valence-corrected chi connectivity index (χ3v) is 3.19. The van der Waals surface area contributed by atoms with Gasteiger partial charge in [-0.3, -0.25) is 4.55 Å². The molecular weight excluding hydrogens is 344 g/mol. The van der Waals surface area contributed by atoms with Gasteiger partial charge in [0.1, 0.15) is 11.1 Å². The summed E-state index contributed by atoms with van der Waals surface area (Å²) in [6.07, 6.45) is 0. The van der Waals surface area contributed by atoms with Crippen LogP contribution in [0.2, 0.25) is 0 Å². The first-order valence-electron chi connectivity index (χ1n) is 4.92. The maximum atomic E-state index is 13.9. The molecule has 0 amide bonds. The van der Waals surface area contributed by atoms with Crippen molar-refractivity contribution in [2.24, 2.45) is 0 Å². The summed E-state index contributed by atoms with van der Waals surface area (Å²) in [6.45, 7) is 0. The van der Waals surface area contributed by atoms with Crippen LogP contribution < -0.4 is 29.6 Å². The fourth-order valence-corrected chi connectivity index (χ4v) is 2.09. The number of hydrogen-bond acceptors (Lipinski definition) is 6. The Hall–Kier alpha value is -1.14.